The summed E-state index contributed by atoms with van der Waals surface area (Å²) in [5.41, 5.74) is 2.15. The zero-order valence-electron chi connectivity index (χ0n) is 10.2. The second-order valence-corrected chi connectivity index (χ2v) is 5.16. The van der Waals surface area contributed by atoms with E-state index in [1.54, 1.807) is 0 Å². The van der Waals surface area contributed by atoms with E-state index in [1.165, 1.54) is 23.9 Å². The maximum absolute atomic E-state index is 6.00. The molecule has 0 spiro atoms. The molecule has 1 atom stereocenters. The van der Waals surface area contributed by atoms with Crippen molar-refractivity contribution in [2.75, 3.05) is 23.9 Å². The number of aromatic nitrogens is 2. The average Bonchev–Trinajstić information content (AvgIpc) is 2.47. The fraction of sp³-hybridized carbons (Fsp3) is 0.429. The van der Waals surface area contributed by atoms with E-state index in [0.717, 1.165) is 24.5 Å². The van der Waals surface area contributed by atoms with Crippen LogP contribution in [0.4, 0.5) is 5.69 Å². The highest BCUT2D eigenvalue weighted by atomic mass is 35.5. The Morgan fingerprint density at radius 3 is 3.11 bits per heavy atom. The van der Waals surface area contributed by atoms with E-state index >= 15 is 0 Å². The minimum absolute atomic E-state index is 0.590. The van der Waals surface area contributed by atoms with E-state index in [-0.39, 0.29) is 0 Å². The Kier molecular flexibility index (Phi) is 3.33. The predicted octanol–water partition coefficient (Wildman–Crippen LogP) is 3.09. The number of rotatable bonds is 2. The molecule has 1 aliphatic heterocycles. The molecule has 1 fully saturated rings. The topological polar surface area (TPSA) is 29.0 Å². The largest absolute Gasteiger partial charge is 0.369 e. The van der Waals surface area contributed by atoms with Crippen molar-refractivity contribution in [3.05, 3.63) is 30.5 Å². The summed E-state index contributed by atoms with van der Waals surface area (Å²) in [6, 6.07) is 8.17. The van der Waals surface area contributed by atoms with Gasteiger partial charge in [0.15, 0.2) is 0 Å². The van der Waals surface area contributed by atoms with Crippen molar-refractivity contribution in [3.8, 4) is 0 Å². The van der Waals surface area contributed by atoms with Crippen LogP contribution in [0.1, 0.15) is 12.8 Å². The first-order valence-corrected chi connectivity index (χ1v) is 6.93. The molecule has 1 unspecified atom stereocenters. The average molecular weight is 262 g/mol. The Balaban J connectivity index is 1.98. The number of hydrogen-bond donors (Lipinski definition) is 0. The Bertz CT molecular complexity index is 538. The zero-order valence-corrected chi connectivity index (χ0v) is 11.0. The lowest BCUT2D eigenvalue weighted by atomic mass is 9.99. The Hall–Kier alpha value is -1.35. The van der Waals surface area contributed by atoms with Gasteiger partial charge in [0.1, 0.15) is 0 Å². The van der Waals surface area contributed by atoms with E-state index in [0.29, 0.717) is 5.92 Å². The van der Waals surface area contributed by atoms with Crippen molar-refractivity contribution in [1.29, 1.82) is 0 Å². The van der Waals surface area contributed by atoms with Crippen LogP contribution >= 0.6 is 11.6 Å². The molecule has 0 amide bonds. The van der Waals surface area contributed by atoms with Crippen LogP contribution in [0.3, 0.4) is 0 Å². The smallest absolute Gasteiger partial charge is 0.0950 e. The minimum Gasteiger partial charge on any atom is -0.369 e. The summed E-state index contributed by atoms with van der Waals surface area (Å²) in [7, 11) is 0. The molecule has 3 rings (SSSR count). The van der Waals surface area contributed by atoms with Gasteiger partial charge in [0.2, 0.25) is 0 Å². The maximum atomic E-state index is 6.00. The van der Waals surface area contributed by atoms with Crippen molar-refractivity contribution in [3.63, 3.8) is 0 Å². The van der Waals surface area contributed by atoms with Crippen LogP contribution in [0.2, 0.25) is 0 Å². The summed E-state index contributed by atoms with van der Waals surface area (Å²) in [5, 5.41) is 9.47. The molecule has 1 aromatic carbocycles. The molecular formula is C14H16ClN3. The molecule has 0 bridgehead atoms. The third kappa shape index (κ3) is 2.15. The Labute approximate surface area is 112 Å². The fourth-order valence-electron chi connectivity index (χ4n) is 2.65. The molecule has 0 N–H and O–H groups in total. The van der Waals surface area contributed by atoms with Gasteiger partial charge < -0.3 is 4.90 Å². The summed E-state index contributed by atoms with van der Waals surface area (Å²) >= 11 is 6.00. The molecule has 1 aromatic heterocycles. The molecule has 1 aliphatic rings. The van der Waals surface area contributed by atoms with Crippen LogP contribution in [0.15, 0.2) is 30.5 Å². The van der Waals surface area contributed by atoms with Crippen LogP contribution in [-0.4, -0.2) is 29.2 Å². The van der Waals surface area contributed by atoms with E-state index in [1.807, 2.05) is 18.3 Å². The summed E-state index contributed by atoms with van der Waals surface area (Å²) in [5.74, 6) is 1.33. The fourth-order valence-corrected chi connectivity index (χ4v) is 2.91. The molecule has 0 radical (unpaired) electrons. The van der Waals surface area contributed by atoms with Gasteiger partial charge in [-0.3, -0.25) is 0 Å². The number of piperidine rings is 1. The quantitative estimate of drug-likeness (QED) is 0.778. The predicted molar refractivity (Wildman–Crippen MR) is 75.2 cm³/mol. The van der Waals surface area contributed by atoms with E-state index < -0.39 is 0 Å². The van der Waals surface area contributed by atoms with Crippen molar-refractivity contribution < 1.29 is 0 Å². The second kappa shape index (κ2) is 5.11. The number of nitrogens with zero attached hydrogens (tertiary/aromatic N) is 3. The summed E-state index contributed by atoms with van der Waals surface area (Å²) in [4.78, 5) is 2.40. The van der Waals surface area contributed by atoms with Crippen molar-refractivity contribution in [2.45, 2.75) is 12.8 Å². The lowest BCUT2D eigenvalue weighted by molar-refractivity contribution is 0.451. The minimum atomic E-state index is 0.590. The molecule has 94 valence electrons. The SMILES string of the molecule is ClCC1CCCN(c2cnnc3ccccc23)C1. The third-order valence-corrected chi connectivity index (χ3v) is 4.04. The van der Waals surface area contributed by atoms with Crippen LogP contribution in [0.25, 0.3) is 10.9 Å². The normalized spacial score (nSPS) is 20.3. The highest BCUT2D eigenvalue weighted by Gasteiger charge is 2.20. The van der Waals surface area contributed by atoms with Gasteiger partial charge in [-0.05, 0) is 24.8 Å². The first kappa shape index (κ1) is 11.7. The molecule has 3 nitrogen and oxygen atoms in total. The van der Waals surface area contributed by atoms with E-state index in [9.17, 15) is 0 Å². The highest BCUT2D eigenvalue weighted by molar-refractivity contribution is 6.18. The molecule has 18 heavy (non-hydrogen) atoms. The van der Waals surface area contributed by atoms with Crippen LogP contribution in [-0.2, 0) is 0 Å². The van der Waals surface area contributed by atoms with Gasteiger partial charge in [-0.1, -0.05) is 18.2 Å². The summed E-state index contributed by atoms with van der Waals surface area (Å²) < 4.78 is 0. The molecular weight excluding hydrogens is 246 g/mol. The van der Waals surface area contributed by atoms with Gasteiger partial charge in [-0.25, -0.2) is 0 Å². The summed E-state index contributed by atoms with van der Waals surface area (Å²) in [6.07, 6.45) is 4.31. The summed E-state index contributed by atoms with van der Waals surface area (Å²) in [6.45, 7) is 2.11. The number of benzene rings is 1. The Morgan fingerprint density at radius 2 is 2.22 bits per heavy atom. The maximum Gasteiger partial charge on any atom is 0.0950 e. The van der Waals surface area contributed by atoms with Crippen LogP contribution in [0.5, 0.6) is 0 Å². The third-order valence-electron chi connectivity index (χ3n) is 3.60. The van der Waals surface area contributed by atoms with Crippen LogP contribution in [0, 0.1) is 5.92 Å². The van der Waals surface area contributed by atoms with E-state index in [4.69, 9.17) is 11.6 Å². The van der Waals surface area contributed by atoms with Gasteiger partial charge in [0.05, 0.1) is 17.4 Å². The molecule has 0 aliphatic carbocycles. The first-order valence-electron chi connectivity index (χ1n) is 6.40. The van der Waals surface area contributed by atoms with Gasteiger partial charge in [0.25, 0.3) is 0 Å². The second-order valence-electron chi connectivity index (χ2n) is 4.86. The van der Waals surface area contributed by atoms with Crippen molar-refractivity contribution >= 4 is 28.2 Å². The van der Waals surface area contributed by atoms with Gasteiger partial charge in [-0.2, -0.15) is 10.2 Å². The number of alkyl halides is 1. The van der Waals surface area contributed by atoms with Crippen molar-refractivity contribution in [1.82, 2.24) is 10.2 Å². The monoisotopic (exact) mass is 261 g/mol. The zero-order chi connectivity index (χ0) is 12.4. The molecule has 0 saturated carbocycles. The number of anilines is 1. The number of halogens is 1. The standard InChI is InChI=1S/C14H16ClN3/c15-8-11-4-3-7-18(10-11)14-9-16-17-13-6-2-1-5-12(13)14/h1-2,5-6,9,11H,3-4,7-8,10H2. The molecule has 2 heterocycles. The number of hydrogen-bond acceptors (Lipinski definition) is 3. The lowest BCUT2D eigenvalue weighted by Gasteiger charge is -2.33. The number of fused-ring (bicyclic) bond motifs is 1. The van der Waals surface area contributed by atoms with E-state index in [2.05, 4.69) is 27.2 Å². The van der Waals surface area contributed by atoms with Gasteiger partial charge in [-0.15, -0.1) is 11.6 Å². The highest BCUT2D eigenvalue weighted by Crippen LogP contribution is 2.28. The first-order chi connectivity index (χ1) is 8.88. The molecule has 4 heteroatoms. The Morgan fingerprint density at radius 1 is 1.33 bits per heavy atom. The van der Waals surface area contributed by atoms with Gasteiger partial charge >= 0.3 is 0 Å². The van der Waals surface area contributed by atoms with Crippen LogP contribution < -0.4 is 4.90 Å². The van der Waals surface area contributed by atoms with Gasteiger partial charge in [0, 0.05) is 24.4 Å². The lowest BCUT2D eigenvalue weighted by Crippen LogP contribution is -2.36. The molecule has 2 aromatic rings. The molecule has 1 saturated heterocycles. The van der Waals surface area contributed by atoms with Crippen molar-refractivity contribution in [2.24, 2.45) is 5.92 Å².